The zero-order valence-electron chi connectivity index (χ0n) is 9.84. The van der Waals surface area contributed by atoms with Gasteiger partial charge in [0.1, 0.15) is 18.2 Å². The molecular weight excluding hydrogens is 226 g/mol. The summed E-state index contributed by atoms with van der Waals surface area (Å²) in [5.74, 6) is -1.79. The van der Waals surface area contributed by atoms with E-state index in [1.807, 2.05) is 6.92 Å². The summed E-state index contributed by atoms with van der Waals surface area (Å²) < 4.78 is 31.2. The number of carbonyl (C=O) groups is 1. The molecule has 0 spiro atoms. The van der Waals surface area contributed by atoms with Crippen molar-refractivity contribution in [2.75, 3.05) is 0 Å². The molecule has 4 heteroatoms. The summed E-state index contributed by atoms with van der Waals surface area (Å²) >= 11 is 0. The first-order valence-corrected chi connectivity index (χ1v) is 5.73. The average Bonchev–Trinajstić information content (AvgIpc) is 2.29. The predicted octanol–water partition coefficient (Wildman–Crippen LogP) is 3.59. The number of unbranched alkanes of at least 4 members (excludes halogenated alkanes) is 2. The fourth-order valence-corrected chi connectivity index (χ4v) is 1.41. The van der Waals surface area contributed by atoms with Crippen LogP contribution in [0.15, 0.2) is 18.2 Å². The summed E-state index contributed by atoms with van der Waals surface area (Å²) in [6.45, 7) is 1.68. The number of hydrogen-bond acceptors (Lipinski definition) is 2. The summed E-state index contributed by atoms with van der Waals surface area (Å²) in [4.78, 5) is 11.2. The van der Waals surface area contributed by atoms with Crippen molar-refractivity contribution in [1.29, 1.82) is 0 Å². The molecule has 0 N–H and O–H groups in total. The summed E-state index contributed by atoms with van der Waals surface area (Å²) in [6.07, 6.45) is 3.00. The third-order valence-corrected chi connectivity index (χ3v) is 2.42. The molecule has 0 aliphatic carbocycles. The van der Waals surface area contributed by atoms with Gasteiger partial charge in [0, 0.05) is 6.42 Å². The molecule has 0 aliphatic heterocycles. The van der Waals surface area contributed by atoms with E-state index >= 15 is 0 Å². The van der Waals surface area contributed by atoms with Crippen molar-refractivity contribution in [2.45, 2.75) is 39.2 Å². The van der Waals surface area contributed by atoms with Crippen molar-refractivity contribution >= 4 is 5.97 Å². The van der Waals surface area contributed by atoms with Crippen LogP contribution in [0, 0.1) is 11.6 Å². The van der Waals surface area contributed by atoms with Crippen molar-refractivity contribution in [1.82, 2.24) is 0 Å². The molecular formula is C13H16F2O2. The second-order valence-corrected chi connectivity index (χ2v) is 3.82. The quantitative estimate of drug-likeness (QED) is 0.563. The number of hydrogen-bond donors (Lipinski definition) is 0. The normalized spacial score (nSPS) is 10.3. The monoisotopic (exact) mass is 242 g/mol. The van der Waals surface area contributed by atoms with Crippen LogP contribution in [0.5, 0.6) is 0 Å². The highest BCUT2D eigenvalue weighted by atomic mass is 19.1. The first kappa shape index (κ1) is 13.6. The second-order valence-electron chi connectivity index (χ2n) is 3.82. The molecule has 2 nitrogen and oxygen atoms in total. The largest absolute Gasteiger partial charge is 0.461 e. The van der Waals surface area contributed by atoms with Gasteiger partial charge in [0.2, 0.25) is 0 Å². The summed E-state index contributed by atoms with van der Waals surface area (Å²) in [5.41, 5.74) is -0.198. The van der Waals surface area contributed by atoms with Gasteiger partial charge in [-0.1, -0.05) is 25.8 Å². The van der Waals surface area contributed by atoms with E-state index in [-0.39, 0.29) is 12.2 Å². The Morgan fingerprint density at radius 1 is 1.24 bits per heavy atom. The smallest absolute Gasteiger partial charge is 0.306 e. The molecule has 0 heterocycles. The van der Waals surface area contributed by atoms with Crippen molar-refractivity contribution in [3.63, 3.8) is 0 Å². The first-order chi connectivity index (χ1) is 8.15. The van der Waals surface area contributed by atoms with Crippen LogP contribution >= 0.6 is 0 Å². The van der Waals surface area contributed by atoms with Gasteiger partial charge in [-0.25, -0.2) is 8.78 Å². The lowest BCUT2D eigenvalue weighted by molar-refractivity contribution is -0.145. The molecule has 0 amide bonds. The summed E-state index contributed by atoms with van der Waals surface area (Å²) in [5, 5.41) is 0. The Morgan fingerprint density at radius 3 is 2.47 bits per heavy atom. The predicted molar refractivity (Wildman–Crippen MR) is 60.3 cm³/mol. The Balaban J connectivity index is 2.42. The highest BCUT2D eigenvalue weighted by Gasteiger charge is 2.10. The molecule has 0 saturated heterocycles. The molecule has 0 radical (unpaired) electrons. The van der Waals surface area contributed by atoms with Gasteiger partial charge in [-0.3, -0.25) is 4.79 Å². The Morgan fingerprint density at radius 2 is 1.88 bits per heavy atom. The molecule has 0 aliphatic rings. The molecule has 1 rings (SSSR count). The maximum Gasteiger partial charge on any atom is 0.306 e. The van der Waals surface area contributed by atoms with Gasteiger partial charge in [0.15, 0.2) is 0 Å². The van der Waals surface area contributed by atoms with Crippen LogP contribution in [0.3, 0.4) is 0 Å². The zero-order valence-corrected chi connectivity index (χ0v) is 9.84. The molecule has 0 saturated carbocycles. The lowest BCUT2D eigenvalue weighted by Gasteiger charge is -2.06. The fraction of sp³-hybridized carbons (Fsp3) is 0.462. The number of halogens is 2. The van der Waals surface area contributed by atoms with Gasteiger partial charge in [-0.05, 0) is 18.6 Å². The van der Waals surface area contributed by atoms with Gasteiger partial charge in [-0.2, -0.15) is 0 Å². The standard InChI is InChI=1S/C13H16F2O2/c1-2-3-4-8-13(16)17-9-10-11(14)6-5-7-12(10)15/h5-7H,2-4,8-9H2,1H3. The lowest BCUT2D eigenvalue weighted by Crippen LogP contribution is -2.06. The van der Waals surface area contributed by atoms with Crippen molar-refractivity contribution < 1.29 is 18.3 Å². The van der Waals surface area contributed by atoms with E-state index in [1.54, 1.807) is 0 Å². The van der Waals surface area contributed by atoms with E-state index < -0.39 is 17.6 Å². The molecule has 1 aromatic carbocycles. The third-order valence-electron chi connectivity index (χ3n) is 2.42. The van der Waals surface area contributed by atoms with Crippen LogP contribution in [-0.2, 0) is 16.1 Å². The Labute approximate surface area is 99.6 Å². The van der Waals surface area contributed by atoms with Crippen LogP contribution in [0.2, 0.25) is 0 Å². The van der Waals surface area contributed by atoms with E-state index in [2.05, 4.69) is 0 Å². The number of carbonyl (C=O) groups excluding carboxylic acids is 1. The highest BCUT2D eigenvalue weighted by molar-refractivity contribution is 5.69. The Kier molecular flexibility index (Phi) is 5.60. The van der Waals surface area contributed by atoms with Gasteiger partial charge < -0.3 is 4.74 Å². The highest BCUT2D eigenvalue weighted by Crippen LogP contribution is 2.13. The van der Waals surface area contributed by atoms with E-state index in [1.165, 1.54) is 6.07 Å². The number of esters is 1. The molecule has 0 fully saturated rings. The topological polar surface area (TPSA) is 26.3 Å². The molecule has 94 valence electrons. The minimum Gasteiger partial charge on any atom is -0.461 e. The summed E-state index contributed by atoms with van der Waals surface area (Å²) in [6, 6.07) is 3.56. The minimum absolute atomic E-state index is 0.198. The number of rotatable bonds is 6. The van der Waals surface area contributed by atoms with Gasteiger partial charge >= 0.3 is 5.97 Å². The average molecular weight is 242 g/mol. The molecule has 1 aromatic rings. The van der Waals surface area contributed by atoms with Crippen molar-refractivity contribution in [3.8, 4) is 0 Å². The maximum absolute atomic E-state index is 13.2. The van der Waals surface area contributed by atoms with Crippen LogP contribution in [0.4, 0.5) is 8.78 Å². The third kappa shape index (κ3) is 4.51. The Hall–Kier alpha value is -1.45. The SMILES string of the molecule is CCCCCC(=O)OCc1c(F)cccc1F. The van der Waals surface area contributed by atoms with E-state index in [9.17, 15) is 13.6 Å². The second kappa shape index (κ2) is 6.99. The molecule has 0 bridgehead atoms. The minimum atomic E-state index is -0.689. The number of benzene rings is 1. The van der Waals surface area contributed by atoms with Gasteiger partial charge in [0.25, 0.3) is 0 Å². The zero-order chi connectivity index (χ0) is 12.7. The fourth-order valence-electron chi connectivity index (χ4n) is 1.41. The van der Waals surface area contributed by atoms with Gasteiger partial charge in [-0.15, -0.1) is 0 Å². The molecule has 0 atom stereocenters. The van der Waals surface area contributed by atoms with Crippen LogP contribution in [0.25, 0.3) is 0 Å². The van der Waals surface area contributed by atoms with Crippen LogP contribution in [0.1, 0.15) is 38.2 Å². The van der Waals surface area contributed by atoms with Crippen molar-refractivity contribution in [2.24, 2.45) is 0 Å². The van der Waals surface area contributed by atoms with Crippen molar-refractivity contribution in [3.05, 3.63) is 35.4 Å². The summed E-state index contributed by atoms with van der Waals surface area (Å²) in [7, 11) is 0. The Bertz CT molecular complexity index is 357. The molecule has 17 heavy (non-hydrogen) atoms. The van der Waals surface area contributed by atoms with E-state index in [0.29, 0.717) is 6.42 Å². The van der Waals surface area contributed by atoms with Crippen LogP contribution < -0.4 is 0 Å². The molecule has 0 unspecified atom stereocenters. The van der Waals surface area contributed by atoms with Crippen LogP contribution in [-0.4, -0.2) is 5.97 Å². The molecule has 0 aromatic heterocycles. The lowest BCUT2D eigenvalue weighted by atomic mass is 10.2. The number of ether oxygens (including phenoxy) is 1. The van der Waals surface area contributed by atoms with Gasteiger partial charge in [0.05, 0.1) is 5.56 Å². The van der Waals surface area contributed by atoms with E-state index in [4.69, 9.17) is 4.74 Å². The maximum atomic E-state index is 13.2. The van der Waals surface area contributed by atoms with E-state index in [0.717, 1.165) is 31.4 Å². The first-order valence-electron chi connectivity index (χ1n) is 5.73.